The van der Waals surface area contributed by atoms with Crippen LogP contribution in [0.3, 0.4) is 0 Å². The highest BCUT2D eigenvalue weighted by Crippen LogP contribution is 2.24. The molecule has 0 unspecified atom stereocenters. The minimum Gasteiger partial charge on any atom is -0.493 e. The van der Waals surface area contributed by atoms with Gasteiger partial charge in [-0.1, -0.05) is 23.9 Å². The molecule has 6 rings (SSSR count). The number of nitrogens with zero attached hydrogens (tertiary/aromatic N) is 7. The molecule has 47 heavy (non-hydrogen) atoms. The maximum Gasteiger partial charge on any atom is 0.415 e. The molecule has 0 saturated carbocycles. The second-order valence-corrected chi connectivity index (χ2v) is 12.3. The number of H-pyrrole nitrogens is 1. The van der Waals surface area contributed by atoms with E-state index in [1.807, 2.05) is 42.5 Å². The summed E-state index contributed by atoms with van der Waals surface area (Å²) in [6, 6.07) is 13.0. The number of benzene rings is 1. The Hall–Kier alpha value is -4.79. The third-order valence-corrected chi connectivity index (χ3v) is 9.08. The standard InChI is InChI=1S/C23H26N4O4.C9H14N4O2S/c28-23(26-15-8-20(9-16-26)18-30-27-14-1-11-25-27)31-22-4-2-19(3-5-22)10-17-29-21-6-12-24-13-7-21;14-9(15)13-3-1-7(2-4-13)5-16-8-10-6-11-12-8/h1-7,11-14,20H,8-10,15-18H2;6-7H,1-5H2,(H,14,15)(H,10,11,12). The molecule has 5 heterocycles. The van der Waals surface area contributed by atoms with Crippen molar-refractivity contribution in [3.63, 3.8) is 0 Å². The Morgan fingerprint density at radius 2 is 1.64 bits per heavy atom. The molecule has 0 radical (unpaired) electrons. The Bertz CT molecular complexity index is 1460. The van der Waals surface area contributed by atoms with Crippen molar-refractivity contribution in [3.05, 3.63) is 79.1 Å². The summed E-state index contributed by atoms with van der Waals surface area (Å²) in [6.45, 7) is 3.79. The number of aromatic amines is 1. The van der Waals surface area contributed by atoms with E-state index in [9.17, 15) is 9.59 Å². The first-order valence-corrected chi connectivity index (χ1v) is 16.7. The number of ether oxygens (including phenoxy) is 2. The van der Waals surface area contributed by atoms with Gasteiger partial charge in [-0.25, -0.2) is 14.6 Å². The van der Waals surface area contributed by atoms with Crippen LogP contribution < -0.4 is 14.3 Å². The number of rotatable bonds is 11. The van der Waals surface area contributed by atoms with Crippen molar-refractivity contribution in [3.8, 4) is 11.5 Å². The van der Waals surface area contributed by atoms with Crippen LogP contribution in [0.5, 0.6) is 11.5 Å². The molecule has 0 bridgehead atoms. The van der Waals surface area contributed by atoms with Crippen molar-refractivity contribution >= 4 is 23.9 Å². The van der Waals surface area contributed by atoms with E-state index >= 15 is 0 Å². The van der Waals surface area contributed by atoms with E-state index in [1.54, 1.807) is 41.4 Å². The monoisotopic (exact) mass is 664 g/mol. The fraction of sp³-hybridized carbons (Fsp3) is 0.438. The molecule has 2 aliphatic heterocycles. The lowest BCUT2D eigenvalue weighted by Gasteiger charge is -2.30. The zero-order valence-corrected chi connectivity index (χ0v) is 26.9. The van der Waals surface area contributed by atoms with Crippen LogP contribution in [0.25, 0.3) is 0 Å². The number of aromatic nitrogens is 6. The molecule has 1 aromatic carbocycles. The number of amides is 2. The number of thioether (sulfide) groups is 1. The molecule has 250 valence electrons. The fourth-order valence-corrected chi connectivity index (χ4v) is 6.12. The molecule has 0 atom stereocenters. The maximum atomic E-state index is 12.5. The van der Waals surface area contributed by atoms with Crippen molar-refractivity contribution in [2.45, 2.75) is 37.3 Å². The molecule has 3 aromatic heterocycles. The van der Waals surface area contributed by atoms with E-state index in [0.717, 1.165) is 54.3 Å². The summed E-state index contributed by atoms with van der Waals surface area (Å²) < 4.78 is 11.2. The second-order valence-electron chi connectivity index (χ2n) is 11.2. The summed E-state index contributed by atoms with van der Waals surface area (Å²) in [6.07, 6.45) is 11.7. The van der Waals surface area contributed by atoms with Gasteiger partial charge in [0.1, 0.15) is 24.4 Å². The van der Waals surface area contributed by atoms with Crippen LogP contribution >= 0.6 is 11.8 Å². The minimum absolute atomic E-state index is 0.305. The van der Waals surface area contributed by atoms with Gasteiger partial charge in [0.05, 0.1) is 19.0 Å². The average Bonchev–Trinajstić information content (AvgIpc) is 3.84. The lowest BCUT2D eigenvalue weighted by molar-refractivity contribution is 0.0366. The van der Waals surface area contributed by atoms with Crippen LogP contribution in [0.4, 0.5) is 9.59 Å². The average molecular weight is 665 g/mol. The van der Waals surface area contributed by atoms with Gasteiger partial charge in [-0.05, 0) is 73.4 Å². The molecule has 0 spiro atoms. The van der Waals surface area contributed by atoms with E-state index in [-0.39, 0.29) is 6.09 Å². The van der Waals surface area contributed by atoms with Crippen molar-refractivity contribution in [1.82, 2.24) is 39.9 Å². The molecule has 2 N–H and O–H groups in total. The molecule has 4 aromatic rings. The first kappa shape index (κ1) is 33.6. The number of piperidine rings is 2. The molecule has 14 nitrogen and oxygen atoms in total. The van der Waals surface area contributed by atoms with E-state index in [0.29, 0.717) is 57.0 Å². The number of carbonyl (C=O) groups excluding carboxylic acids is 1. The van der Waals surface area contributed by atoms with E-state index < -0.39 is 6.09 Å². The normalized spacial score (nSPS) is 15.4. The molecule has 2 saturated heterocycles. The quantitative estimate of drug-likeness (QED) is 0.217. The van der Waals surface area contributed by atoms with Gasteiger partial charge in [0.15, 0.2) is 5.16 Å². The van der Waals surface area contributed by atoms with Crippen molar-refractivity contribution < 1.29 is 29.0 Å². The number of hydrogen-bond donors (Lipinski definition) is 2. The van der Waals surface area contributed by atoms with Crippen LogP contribution in [-0.2, 0) is 6.42 Å². The van der Waals surface area contributed by atoms with Crippen LogP contribution in [0, 0.1) is 11.8 Å². The van der Waals surface area contributed by atoms with Crippen LogP contribution in [0.15, 0.2) is 78.7 Å². The van der Waals surface area contributed by atoms with E-state index in [4.69, 9.17) is 19.4 Å². The number of pyridine rings is 1. The summed E-state index contributed by atoms with van der Waals surface area (Å²) in [4.78, 5) is 41.5. The number of hydrogen-bond acceptors (Lipinski definition) is 10. The molecular weight excluding hydrogens is 624 g/mol. The van der Waals surface area contributed by atoms with Gasteiger partial charge < -0.3 is 29.2 Å². The summed E-state index contributed by atoms with van der Waals surface area (Å²) in [5, 5.41) is 20.2. The van der Waals surface area contributed by atoms with Crippen LogP contribution in [-0.4, -0.2) is 102 Å². The lowest BCUT2D eigenvalue weighted by Crippen LogP contribution is -2.41. The topological polar surface area (TPSA) is 161 Å². The summed E-state index contributed by atoms with van der Waals surface area (Å²) in [7, 11) is 0. The molecule has 2 amide bonds. The number of nitrogens with one attached hydrogen (secondary N) is 1. The van der Waals surface area contributed by atoms with Gasteiger partial charge in [0.2, 0.25) is 0 Å². The number of carboxylic acid groups (broad SMARTS) is 1. The Morgan fingerprint density at radius 3 is 2.30 bits per heavy atom. The van der Waals surface area contributed by atoms with Gasteiger partial charge in [-0.15, -0.1) is 9.94 Å². The largest absolute Gasteiger partial charge is 0.493 e. The Labute approximate surface area is 277 Å². The van der Waals surface area contributed by atoms with Gasteiger partial charge in [0, 0.05) is 50.7 Å². The SMILES string of the molecule is O=C(O)N1CCC(CSc2ncn[nH]2)CC1.O=C(Oc1ccc(CCOc2ccncc2)cc1)N1CCC(COn2cccn2)CC1. The third kappa shape index (κ3) is 11.2. The smallest absolute Gasteiger partial charge is 0.415 e. The molecular formula is C32H40N8O6S. The maximum absolute atomic E-state index is 12.5. The highest BCUT2D eigenvalue weighted by atomic mass is 32.2. The highest BCUT2D eigenvalue weighted by molar-refractivity contribution is 7.99. The zero-order valence-electron chi connectivity index (χ0n) is 26.1. The van der Waals surface area contributed by atoms with Crippen molar-refractivity contribution in [1.29, 1.82) is 0 Å². The number of carbonyl (C=O) groups is 2. The molecule has 2 aliphatic rings. The Kier molecular flexibility index (Phi) is 12.7. The van der Waals surface area contributed by atoms with Gasteiger partial charge in [-0.3, -0.25) is 10.1 Å². The highest BCUT2D eigenvalue weighted by Gasteiger charge is 2.25. The molecule has 0 aliphatic carbocycles. The summed E-state index contributed by atoms with van der Waals surface area (Å²) in [5.41, 5.74) is 1.12. The van der Waals surface area contributed by atoms with Gasteiger partial charge in [0.25, 0.3) is 0 Å². The lowest BCUT2D eigenvalue weighted by atomic mass is 9.98. The fourth-order valence-electron chi connectivity index (χ4n) is 5.16. The Balaban J connectivity index is 0.000000227. The predicted octanol–water partition coefficient (Wildman–Crippen LogP) is 4.53. The van der Waals surface area contributed by atoms with Crippen molar-refractivity contribution in [2.75, 3.05) is 45.1 Å². The predicted molar refractivity (Wildman–Crippen MR) is 173 cm³/mol. The molecule has 15 heteroatoms. The van der Waals surface area contributed by atoms with E-state index in [2.05, 4.69) is 25.3 Å². The summed E-state index contributed by atoms with van der Waals surface area (Å²) >= 11 is 1.65. The van der Waals surface area contributed by atoms with Crippen LogP contribution in [0.2, 0.25) is 0 Å². The van der Waals surface area contributed by atoms with Gasteiger partial charge in [-0.2, -0.15) is 5.10 Å². The summed E-state index contributed by atoms with van der Waals surface area (Å²) in [5.74, 6) is 3.31. The molecule has 2 fully saturated rings. The van der Waals surface area contributed by atoms with Crippen molar-refractivity contribution in [2.24, 2.45) is 11.8 Å². The third-order valence-electron chi connectivity index (χ3n) is 7.97. The first-order chi connectivity index (χ1) is 23.0. The zero-order chi connectivity index (χ0) is 32.7. The first-order valence-electron chi connectivity index (χ1n) is 15.7. The van der Waals surface area contributed by atoms with E-state index in [1.165, 1.54) is 16.1 Å². The second kappa shape index (κ2) is 17.8. The Morgan fingerprint density at radius 1 is 0.915 bits per heavy atom. The van der Waals surface area contributed by atoms with Gasteiger partial charge >= 0.3 is 12.2 Å². The number of likely N-dealkylation sites (tertiary alicyclic amines) is 2. The minimum atomic E-state index is -0.804. The van der Waals surface area contributed by atoms with Crippen LogP contribution in [0.1, 0.15) is 31.2 Å².